The minimum Gasteiger partial charge on any atom is -0.486 e. The van der Waals surface area contributed by atoms with Crippen molar-refractivity contribution in [1.82, 2.24) is 14.8 Å². The summed E-state index contributed by atoms with van der Waals surface area (Å²) in [7, 11) is 0. The SMILES string of the molecule is Cc1ccc(OCc2nnc(SCc3cc(C)ccc3C)n2Cc2ccco2)cc1. The molecule has 0 fully saturated rings. The van der Waals surface area contributed by atoms with Gasteiger partial charge in [-0.1, -0.05) is 53.2 Å². The molecule has 4 aromatic rings. The lowest BCUT2D eigenvalue weighted by molar-refractivity contribution is 0.287. The Morgan fingerprint density at radius 3 is 2.53 bits per heavy atom. The van der Waals surface area contributed by atoms with E-state index >= 15 is 0 Å². The first-order valence-electron chi connectivity index (χ1n) is 9.91. The molecular weight excluding hydrogens is 394 g/mol. The zero-order valence-electron chi connectivity index (χ0n) is 17.5. The summed E-state index contributed by atoms with van der Waals surface area (Å²) in [6.45, 7) is 7.24. The summed E-state index contributed by atoms with van der Waals surface area (Å²) in [4.78, 5) is 0. The van der Waals surface area contributed by atoms with Gasteiger partial charge in [0.05, 0.1) is 12.8 Å². The van der Waals surface area contributed by atoms with Crippen molar-refractivity contribution in [1.29, 1.82) is 0 Å². The van der Waals surface area contributed by atoms with E-state index in [4.69, 9.17) is 9.15 Å². The van der Waals surface area contributed by atoms with Crippen LogP contribution in [0.5, 0.6) is 5.75 Å². The molecule has 0 radical (unpaired) electrons. The molecule has 5 nitrogen and oxygen atoms in total. The first kappa shape index (κ1) is 20.3. The molecule has 0 bridgehead atoms. The summed E-state index contributed by atoms with van der Waals surface area (Å²) in [5, 5.41) is 9.71. The summed E-state index contributed by atoms with van der Waals surface area (Å²) in [5.74, 6) is 3.29. The summed E-state index contributed by atoms with van der Waals surface area (Å²) in [6, 6.07) is 18.4. The fraction of sp³-hybridized carbons (Fsp3) is 0.250. The number of thioether (sulfide) groups is 1. The van der Waals surface area contributed by atoms with Gasteiger partial charge >= 0.3 is 0 Å². The number of nitrogens with zero attached hydrogens (tertiary/aromatic N) is 3. The van der Waals surface area contributed by atoms with Crippen molar-refractivity contribution in [3.05, 3.63) is 94.7 Å². The average molecular weight is 420 g/mol. The molecule has 0 unspecified atom stereocenters. The molecule has 30 heavy (non-hydrogen) atoms. The summed E-state index contributed by atoms with van der Waals surface area (Å²) >= 11 is 1.68. The smallest absolute Gasteiger partial charge is 0.192 e. The third-order valence-electron chi connectivity index (χ3n) is 4.94. The predicted octanol–water partition coefficient (Wildman–Crippen LogP) is 5.72. The molecule has 0 amide bonds. The van der Waals surface area contributed by atoms with Crippen LogP contribution in [0.2, 0.25) is 0 Å². The largest absolute Gasteiger partial charge is 0.486 e. The van der Waals surface area contributed by atoms with Crippen LogP contribution in [0.3, 0.4) is 0 Å². The van der Waals surface area contributed by atoms with Crippen LogP contribution < -0.4 is 4.74 Å². The van der Waals surface area contributed by atoms with Crippen LogP contribution in [0.4, 0.5) is 0 Å². The Kier molecular flexibility index (Phi) is 6.23. The van der Waals surface area contributed by atoms with Crippen LogP contribution in [0.15, 0.2) is 70.4 Å². The first-order valence-corrected chi connectivity index (χ1v) is 10.9. The second-order valence-corrected chi connectivity index (χ2v) is 8.33. The molecule has 2 heterocycles. The highest BCUT2D eigenvalue weighted by molar-refractivity contribution is 7.98. The number of ether oxygens (including phenoxy) is 1. The lowest BCUT2D eigenvalue weighted by Crippen LogP contribution is -2.09. The van der Waals surface area contributed by atoms with Crippen LogP contribution >= 0.6 is 11.8 Å². The predicted molar refractivity (Wildman–Crippen MR) is 119 cm³/mol. The highest BCUT2D eigenvalue weighted by Gasteiger charge is 2.15. The van der Waals surface area contributed by atoms with Gasteiger partial charge in [-0.15, -0.1) is 10.2 Å². The molecule has 0 N–H and O–H groups in total. The highest BCUT2D eigenvalue weighted by atomic mass is 32.2. The molecule has 0 aliphatic carbocycles. The lowest BCUT2D eigenvalue weighted by Gasteiger charge is -2.11. The van der Waals surface area contributed by atoms with E-state index in [0.717, 1.165) is 28.2 Å². The Labute approximate surface area is 181 Å². The van der Waals surface area contributed by atoms with Gasteiger partial charge in [0.1, 0.15) is 18.1 Å². The van der Waals surface area contributed by atoms with E-state index in [1.807, 2.05) is 36.4 Å². The molecule has 0 aliphatic heterocycles. The molecule has 0 aliphatic rings. The van der Waals surface area contributed by atoms with E-state index in [-0.39, 0.29) is 0 Å². The molecule has 4 rings (SSSR count). The van der Waals surface area contributed by atoms with Crippen molar-refractivity contribution in [2.45, 2.75) is 44.8 Å². The van der Waals surface area contributed by atoms with Gasteiger partial charge in [-0.05, 0) is 56.2 Å². The van der Waals surface area contributed by atoms with E-state index in [2.05, 4.69) is 53.7 Å². The fourth-order valence-corrected chi connectivity index (χ4v) is 4.15. The number of hydrogen-bond acceptors (Lipinski definition) is 5. The van der Waals surface area contributed by atoms with Crippen molar-refractivity contribution < 1.29 is 9.15 Å². The second-order valence-electron chi connectivity index (χ2n) is 7.38. The molecule has 0 atom stereocenters. The van der Waals surface area contributed by atoms with Crippen molar-refractivity contribution >= 4 is 11.8 Å². The molecule has 154 valence electrons. The van der Waals surface area contributed by atoms with E-state index in [0.29, 0.717) is 13.2 Å². The highest BCUT2D eigenvalue weighted by Crippen LogP contribution is 2.26. The van der Waals surface area contributed by atoms with E-state index in [1.54, 1.807) is 18.0 Å². The maximum absolute atomic E-state index is 5.95. The molecule has 2 aromatic carbocycles. The zero-order valence-corrected chi connectivity index (χ0v) is 18.3. The van der Waals surface area contributed by atoms with Gasteiger partial charge in [0, 0.05) is 5.75 Å². The Bertz CT molecular complexity index is 1100. The van der Waals surface area contributed by atoms with Gasteiger partial charge in [0.15, 0.2) is 11.0 Å². The van der Waals surface area contributed by atoms with Crippen molar-refractivity contribution in [2.24, 2.45) is 0 Å². The normalized spacial score (nSPS) is 11.0. The van der Waals surface area contributed by atoms with Gasteiger partial charge in [0.2, 0.25) is 0 Å². The number of furan rings is 1. The van der Waals surface area contributed by atoms with Crippen LogP contribution in [-0.4, -0.2) is 14.8 Å². The van der Waals surface area contributed by atoms with Crippen LogP contribution in [0, 0.1) is 20.8 Å². The maximum Gasteiger partial charge on any atom is 0.192 e. The van der Waals surface area contributed by atoms with Gasteiger partial charge in [-0.3, -0.25) is 4.57 Å². The van der Waals surface area contributed by atoms with Crippen molar-refractivity contribution in [3.63, 3.8) is 0 Å². The van der Waals surface area contributed by atoms with E-state index < -0.39 is 0 Å². The van der Waals surface area contributed by atoms with Gasteiger partial charge in [-0.25, -0.2) is 0 Å². The second kappa shape index (κ2) is 9.22. The summed E-state index contributed by atoms with van der Waals surface area (Å²) in [6.07, 6.45) is 1.69. The molecule has 0 saturated carbocycles. The monoisotopic (exact) mass is 419 g/mol. The molecule has 2 aromatic heterocycles. The molecular formula is C24H25N3O2S. The fourth-order valence-electron chi connectivity index (χ4n) is 3.13. The maximum atomic E-state index is 5.95. The summed E-state index contributed by atoms with van der Waals surface area (Å²) < 4.78 is 13.6. The Balaban J connectivity index is 1.53. The number of hydrogen-bond donors (Lipinski definition) is 0. The van der Waals surface area contributed by atoms with Gasteiger partial charge in [0.25, 0.3) is 0 Å². The van der Waals surface area contributed by atoms with Crippen LogP contribution in [-0.2, 0) is 18.9 Å². The van der Waals surface area contributed by atoms with Gasteiger partial charge in [-0.2, -0.15) is 0 Å². The standard InChI is InChI=1S/C24H25N3O2S/c1-17-7-10-21(11-8-17)29-15-23-25-26-24(27(23)14-22-5-4-12-28-22)30-16-20-13-18(2)6-9-19(20)3/h4-13H,14-16H2,1-3H3. The number of aryl methyl sites for hydroxylation is 3. The van der Waals surface area contributed by atoms with Crippen molar-refractivity contribution in [2.75, 3.05) is 0 Å². The Morgan fingerprint density at radius 1 is 0.967 bits per heavy atom. The summed E-state index contributed by atoms with van der Waals surface area (Å²) in [5.41, 5.74) is 5.06. The van der Waals surface area contributed by atoms with Gasteiger partial charge < -0.3 is 9.15 Å². The third-order valence-corrected chi connectivity index (χ3v) is 5.95. The van der Waals surface area contributed by atoms with Crippen molar-refractivity contribution in [3.8, 4) is 5.75 Å². The van der Waals surface area contributed by atoms with Crippen LogP contribution in [0.1, 0.15) is 33.8 Å². The quantitative estimate of drug-likeness (QED) is 0.342. The topological polar surface area (TPSA) is 53.1 Å². The van der Waals surface area contributed by atoms with E-state index in [9.17, 15) is 0 Å². The molecule has 0 saturated heterocycles. The number of rotatable bonds is 8. The lowest BCUT2D eigenvalue weighted by atomic mass is 10.1. The third kappa shape index (κ3) is 4.94. The molecule has 6 heteroatoms. The minimum absolute atomic E-state index is 0.348. The average Bonchev–Trinajstić information content (AvgIpc) is 3.39. The Morgan fingerprint density at radius 2 is 1.77 bits per heavy atom. The number of aromatic nitrogens is 3. The van der Waals surface area contributed by atoms with E-state index in [1.165, 1.54) is 22.3 Å². The van der Waals surface area contributed by atoms with Crippen LogP contribution in [0.25, 0.3) is 0 Å². The minimum atomic E-state index is 0.348. The number of benzene rings is 2. The Hall–Kier alpha value is -2.99. The zero-order chi connectivity index (χ0) is 20.9. The molecule has 0 spiro atoms. The first-order chi connectivity index (χ1) is 14.6.